The minimum atomic E-state index is -0.823. The molecule has 1 aromatic carbocycles. The molecule has 0 bridgehead atoms. The second-order valence-corrected chi connectivity index (χ2v) is 9.10. The molecule has 0 aliphatic heterocycles. The summed E-state index contributed by atoms with van der Waals surface area (Å²) in [5.41, 5.74) is 2.27. The highest BCUT2D eigenvalue weighted by Crippen LogP contribution is 2.53. The van der Waals surface area contributed by atoms with Gasteiger partial charge in [-0.2, -0.15) is 4.39 Å². The molecule has 3 aliphatic rings. The number of rotatable bonds is 6. The van der Waals surface area contributed by atoms with Gasteiger partial charge in [0.15, 0.2) is 11.6 Å². The summed E-state index contributed by atoms with van der Waals surface area (Å²) in [6.07, 6.45) is 13.5. The van der Waals surface area contributed by atoms with E-state index in [1.807, 2.05) is 0 Å². The molecule has 154 valence electrons. The summed E-state index contributed by atoms with van der Waals surface area (Å²) in [5, 5.41) is 0. The van der Waals surface area contributed by atoms with Crippen LogP contribution in [0.15, 0.2) is 23.8 Å². The molecule has 0 spiro atoms. The Morgan fingerprint density at radius 2 is 1.68 bits per heavy atom. The number of halogens is 2. The number of allylic oxidation sites excluding steroid dienone is 2. The van der Waals surface area contributed by atoms with Crippen molar-refractivity contribution in [2.75, 3.05) is 6.61 Å². The van der Waals surface area contributed by atoms with E-state index in [1.165, 1.54) is 32.1 Å². The maximum Gasteiger partial charge on any atom is 0.200 e. The third-order valence-corrected chi connectivity index (χ3v) is 7.70. The number of hydrogen-bond donors (Lipinski definition) is 0. The third-order valence-electron chi connectivity index (χ3n) is 7.70. The fraction of sp³-hybridized carbons (Fsp3) is 0.680. The minimum Gasteiger partial charge on any atom is -0.491 e. The molecule has 0 saturated heterocycles. The van der Waals surface area contributed by atoms with Crippen molar-refractivity contribution in [1.29, 1.82) is 0 Å². The fourth-order valence-corrected chi connectivity index (χ4v) is 6.41. The van der Waals surface area contributed by atoms with Crippen molar-refractivity contribution in [1.82, 2.24) is 0 Å². The van der Waals surface area contributed by atoms with E-state index in [2.05, 4.69) is 13.0 Å². The van der Waals surface area contributed by atoms with Gasteiger partial charge in [0.05, 0.1) is 6.61 Å². The fourth-order valence-electron chi connectivity index (χ4n) is 6.41. The van der Waals surface area contributed by atoms with Crippen molar-refractivity contribution >= 4 is 0 Å². The maximum absolute atomic E-state index is 14.6. The quantitative estimate of drug-likeness (QED) is 0.461. The second-order valence-electron chi connectivity index (χ2n) is 9.10. The average molecular weight is 389 g/mol. The van der Waals surface area contributed by atoms with Gasteiger partial charge in [0.2, 0.25) is 5.82 Å². The van der Waals surface area contributed by atoms with Crippen LogP contribution in [0.3, 0.4) is 0 Å². The first kappa shape index (κ1) is 19.9. The van der Waals surface area contributed by atoms with Gasteiger partial charge >= 0.3 is 0 Å². The Balaban J connectivity index is 1.39. The van der Waals surface area contributed by atoms with Crippen molar-refractivity contribution in [2.45, 2.75) is 77.6 Å². The summed E-state index contributed by atoms with van der Waals surface area (Å²) < 4.78 is 34.0. The lowest BCUT2D eigenvalue weighted by Gasteiger charge is -2.32. The van der Waals surface area contributed by atoms with Gasteiger partial charge in [-0.15, -0.1) is 0 Å². The second kappa shape index (κ2) is 8.55. The number of benzene rings is 1. The van der Waals surface area contributed by atoms with Crippen LogP contribution >= 0.6 is 0 Å². The van der Waals surface area contributed by atoms with E-state index in [0.717, 1.165) is 43.4 Å². The van der Waals surface area contributed by atoms with Crippen molar-refractivity contribution in [3.05, 3.63) is 41.0 Å². The van der Waals surface area contributed by atoms with E-state index in [4.69, 9.17) is 4.74 Å². The van der Waals surface area contributed by atoms with E-state index in [9.17, 15) is 8.78 Å². The van der Waals surface area contributed by atoms with Gasteiger partial charge in [-0.1, -0.05) is 37.5 Å². The van der Waals surface area contributed by atoms with E-state index in [-0.39, 0.29) is 11.7 Å². The van der Waals surface area contributed by atoms with E-state index < -0.39 is 11.6 Å². The zero-order valence-corrected chi connectivity index (χ0v) is 17.4. The van der Waals surface area contributed by atoms with Gasteiger partial charge in [0.25, 0.3) is 0 Å². The first-order valence-corrected chi connectivity index (χ1v) is 11.4. The Kier molecular flexibility index (Phi) is 6.08. The summed E-state index contributed by atoms with van der Waals surface area (Å²) in [5.74, 6) is 1.95. The molecule has 1 aromatic rings. The maximum atomic E-state index is 14.6. The molecule has 0 radical (unpaired) electrons. The number of ether oxygens (including phenoxy) is 1. The first-order valence-electron chi connectivity index (χ1n) is 11.4. The Morgan fingerprint density at radius 1 is 0.929 bits per heavy atom. The topological polar surface area (TPSA) is 9.23 Å². The van der Waals surface area contributed by atoms with Crippen molar-refractivity contribution in [3.63, 3.8) is 0 Å². The standard InChI is InChI=1S/C25H34F2O/c1-3-5-16-10-11-22-19(16)12-13-20(22)17-6-8-18(9-7-17)21-14-15-23(28-4-2)25(27)24(21)26/h13-19,22H,3-12H2,1-2H3. The highest BCUT2D eigenvalue weighted by atomic mass is 19.2. The van der Waals surface area contributed by atoms with Gasteiger partial charge in [0.1, 0.15) is 0 Å². The smallest absolute Gasteiger partial charge is 0.200 e. The molecule has 2 fully saturated rings. The van der Waals surface area contributed by atoms with Crippen LogP contribution in [-0.4, -0.2) is 6.61 Å². The molecule has 1 nitrogen and oxygen atoms in total. The Labute approximate surface area is 168 Å². The van der Waals surface area contributed by atoms with Gasteiger partial charge in [-0.05, 0) is 93.1 Å². The van der Waals surface area contributed by atoms with E-state index in [1.54, 1.807) is 24.6 Å². The molecule has 3 aliphatic carbocycles. The molecule has 3 atom stereocenters. The largest absolute Gasteiger partial charge is 0.491 e. The molecule has 0 N–H and O–H groups in total. The monoisotopic (exact) mass is 388 g/mol. The molecule has 28 heavy (non-hydrogen) atoms. The number of fused-ring (bicyclic) bond motifs is 1. The van der Waals surface area contributed by atoms with Crippen LogP contribution in [0.5, 0.6) is 5.75 Å². The molecule has 3 heteroatoms. The SMILES string of the molecule is CCCC1CCC2C(C3CCC(c4ccc(OCC)c(F)c4F)CC3)=CCC12. The minimum absolute atomic E-state index is 0.0301. The molecular formula is C25H34F2O. The zero-order valence-electron chi connectivity index (χ0n) is 17.4. The van der Waals surface area contributed by atoms with Crippen molar-refractivity contribution < 1.29 is 13.5 Å². The Bertz CT molecular complexity index is 718. The third kappa shape index (κ3) is 3.62. The molecule has 4 rings (SSSR count). The lowest BCUT2D eigenvalue weighted by atomic mass is 9.73. The number of hydrogen-bond acceptors (Lipinski definition) is 1. The normalized spacial score (nSPS) is 32.3. The summed E-state index contributed by atoms with van der Waals surface area (Å²) >= 11 is 0. The molecule has 3 unspecified atom stereocenters. The predicted molar refractivity (Wildman–Crippen MR) is 110 cm³/mol. The Morgan fingerprint density at radius 3 is 2.39 bits per heavy atom. The van der Waals surface area contributed by atoms with Crippen LogP contribution in [0.1, 0.15) is 83.1 Å². The summed E-state index contributed by atoms with van der Waals surface area (Å²) in [4.78, 5) is 0. The molecule has 0 heterocycles. The van der Waals surface area contributed by atoms with Crippen LogP contribution in [0.2, 0.25) is 0 Å². The van der Waals surface area contributed by atoms with Crippen molar-refractivity contribution in [3.8, 4) is 5.75 Å². The van der Waals surface area contributed by atoms with E-state index in [0.29, 0.717) is 18.1 Å². The van der Waals surface area contributed by atoms with Gasteiger partial charge < -0.3 is 4.74 Å². The summed E-state index contributed by atoms with van der Waals surface area (Å²) in [6, 6.07) is 3.34. The van der Waals surface area contributed by atoms with Crippen molar-refractivity contribution in [2.24, 2.45) is 23.7 Å². The lowest BCUT2D eigenvalue weighted by molar-refractivity contribution is 0.298. The summed E-state index contributed by atoms with van der Waals surface area (Å²) in [6.45, 7) is 4.43. The van der Waals surface area contributed by atoms with Gasteiger partial charge in [-0.3, -0.25) is 0 Å². The average Bonchev–Trinajstić information content (AvgIpc) is 3.29. The highest BCUT2D eigenvalue weighted by molar-refractivity contribution is 5.33. The van der Waals surface area contributed by atoms with Crippen LogP contribution in [0.25, 0.3) is 0 Å². The lowest BCUT2D eigenvalue weighted by Crippen LogP contribution is -2.20. The molecule has 0 aromatic heterocycles. The highest BCUT2D eigenvalue weighted by Gasteiger charge is 2.42. The Hall–Kier alpha value is -1.38. The van der Waals surface area contributed by atoms with Crippen LogP contribution in [-0.2, 0) is 0 Å². The van der Waals surface area contributed by atoms with Crippen LogP contribution in [0, 0.1) is 35.3 Å². The van der Waals surface area contributed by atoms with Gasteiger partial charge in [-0.25, -0.2) is 4.39 Å². The van der Waals surface area contributed by atoms with E-state index >= 15 is 0 Å². The molecule has 2 saturated carbocycles. The van der Waals surface area contributed by atoms with Crippen LogP contribution in [0.4, 0.5) is 8.78 Å². The van der Waals surface area contributed by atoms with Crippen LogP contribution < -0.4 is 4.74 Å². The summed E-state index contributed by atoms with van der Waals surface area (Å²) in [7, 11) is 0. The zero-order chi connectivity index (χ0) is 19.7. The predicted octanol–water partition coefficient (Wildman–Crippen LogP) is 7.41. The molecular weight excluding hydrogens is 354 g/mol. The molecule has 0 amide bonds. The first-order chi connectivity index (χ1) is 13.6. The van der Waals surface area contributed by atoms with Gasteiger partial charge in [0, 0.05) is 0 Å².